The number of carbonyl (C=O) groups is 3. The molecule has 0 aromatic rings. The normalized spacial score (nSPS) is 12.6. The Hall–Kier alpha value is -1.99. The van der Waals surface area contributed by atoms with Gasteiger partial charge in [0, 0.05) is 6.54 Å². The van der Waals surface area contributed by atoms with Crippen LogP contribution < -0.4 is 27.6 Å². The van der Waals surface area contributed by atoms with Gasteiger partial charge in [-0.05, 0) is 47.1 Å². The molecule has 202 valence electrons. The molecule has 7 N–H and O–H groups in total. The lowest BCUT2D eigenvalue weighted by Crippen LogP contribution is -2.50. The van der Waals surface area contributed by atoms with Crippen LogP contribution in [0, 0.1) is 0 Å². The molecule has 0 aromatic carbocycles. The van der Waals surface area contributed by atoms with E-state index in [0.717, 1.165) is 12.8 Å². The molecule has 0 fully saturated rings. The quantitative estimate of drug-likeness (QED) is 0.143. The van der Waals surface area contributed by atoms with Crippen LogP contribution in [-0.4, -0.2) is 81.7 Å². The molecule has 0 bridgehead atoms. The molecule has 0 aliphatic rings. The van der Waals surface area contributed by atoms with Crippen LogP contribution in [0.25, 0.3) is 0 Å². The summed E-state index contributed by atoms with van der Waals surface area (Å²) in [5.41, 5.74) is 12.8. The molecule has 1 unspecified atom stereocenters. The SMILES string of the molecule is CC.C[C@H](NC(=O)C(N)CCCCN)C(=O)NCCOCCOCCONC(=O)OC(C)(C)C. The maximum atomic E-state index is 12.0. The summed E-state index contributed by atoms with van der Waals surface area (Å²) in [5, 5.41) is 5.27. The molecule has 2 atom stereocenters. The van der Waals surface area contributed by atoms with Crippen molar-refractivity contribution in [3.63, 3.8) is 0 Å². The first-order valence-corrected chi connectivity index (χ1v) is 11.9. The van der Waals surface area contributed by atoms with Gasteiger partial charge in [-0.2, -0.15) is 5.48 Å². The molecule has 0 aromatic heterocycles. The van der Waals surface area contributed by atoms with Gasteiger partial charge in [0.15, 0.2) is 0 Å². The van der Waals surface area contributed by atoms with Crippen molar-refractivity contribution in [3.8, 4) is 0 Å². The summed E-state index contributed by atoms with van der Waals surface area (Å²) in [6.07, 6.45) is 1.44. The highest BCUT2D eigenvalue weighted by atomic mass is 16.7. The highest BCUT2D eigenvalue weighted by Gasteiger charge is 2.19. The molecule has 0 radical (unpaired) electrons. The number of carbonyl (C=O) groups excluding carboxylic acids is 3. The van der Waals surface area contributed by atoms with Crippen LogP contribution in [0.2, 0.25) is 0 Å². The Morgan fingerprint density at radius 3 is 2.09 bits per heavy atom. The summed E-state index contributed by atoms with van der Waals surface area (Å²) >= 11 is 0. The molecule has 34 heavy (non-hydrogen) atoms. The number of hydrogen-bond acceptors (Lipinski definition) is 9. The average Bonchev–Trinajstić information content (AvgIpc) is 2.77. The zero-order chi connectivity index (χ0) is 26.4. The van der Waals surface area contributed by atoms with E-state index in [1.807, 2.05) is 13.8 Å². The standard InChI is InChI=1S/C20H41N5O7.C2H6/c1-15(24-18(27)16(22)7-5-6-8-21)17(26)23-9-10-29-11-12-30-13-14-31-25-19(28)32-20(2,3)4;1-2/h15-16H,5-14,21-22H2,1-4H3,(H,23,26)(H,24,27)(H,25,28);1-2H3/t15-,16?;/m0./s1. The molecule has 0 aliphatic heterocycles. The van der Waals surface area contributed by atoms with E-state index in [4.69, 9.17) is 30.5 Å². The minimum Gasteiger partial charge on any atom is -0.442 e. The summed E-state index contributed by atoms with van der Waals surface area (Å²) in [6, 6.07) is -1.35. The van der Waals surface area contributed by atoms with Crippen molar-refractivity contribution in [2.75, 3.05) is 46.1 Å². The van der Waals surface area contributed by atoms with Crippen LogP contribution in [0.4, 0.5) is 4.79 Å². The number of amides is 3. The zero-order valence-electron chi connectivity index (χ0n) is 21.7. The number of hydrogen-bond donors (Lipinski definition) is 5. The molecule has 0 spiro atoms. The number of unbranched alkanes of at least 4 members (excludes halogenated alkanes) is 1. The fourth-order valence-electron chi connectivity index (χ4n) is 2.26. The molecule has 0 saturated heterocycles. The third-order valence-corrected chi connectivity index (χ3v) is 3.86. The van der Waals surface area contributed by atoms with Gasteiger partial charge in [0.05, 0.1) is 39.1 Å². The van der Waals surface area contributed by atoms with Crippen LogP contribution in [0.15, 0.2) is 0 Å². The van der Waals surface area contributed by atoms with Gasteiger partial charge in [-0.15, -0.1) is 0 Å². The fraction of sp³-hybridized carbons (Fsp3) is 0.864. The van der Waals surface area contributed by atoms with Crippen LogP contribution in [0.3, 0.4) is 0 Å². The van der Waals surface area contributed by atoms with Crippen LogP contribution in [0.1, 0.15) is 60.8 Å². The highest BCUT2D eigenvalue weighted by molar-refractivity contribution is 5.89. The first-order chi connectivity index (χ1) is 16.1. The molecule has 12 nitrogen and oxygen atoms in total. The van der Waals surface area contributed by atoms with Crippen molar-refractivity contribution >= 4 is 17.9 Å². The van der Waals surface area contributed by atoms with E-state index in [2.05, 4.69) is 16.1 Å². The van der Waals surface area contributed by atoms with Crippen LogP contribution >= 0.6 is 0 Å². The molecule has 0 saturated carbocycles. The molecule has 0 aliphatic carbocycles. The maximum Gasteiger partial charge on any atom is 0.431 e. The lowest BCUT2D eigenvalue weighted by atomic mass is 10.1. The lowest BCUT2D eigenvalue weighted by molar-refractivity contribution is -0.129. The minimum absolute atomic E-state index is 0.162. The second kappa shape index (κ2) is 21.5. The van der Waals surface area contributed by atoms with Crippen molar-refractivity contribution in [2.45, 2.75) is 78.5 Å². The second-order valence-electron chi connectivity index (χ2n) is 8.09. The first kappa shape index (κ1) is 34.2. The summed E-state index contributed by atoms with van der Waals surface area (Å²) in [5.74, 6) is -0.676. The van der Waals surface area contributed by atoms with Crippen molar-refractivity contribution < 1.29 is 33.4 Å². The van der Waals surface area contributed by atoms with E-state index in [-0.39, 0.29) is 25.0 Å². The van der Waals surface area contributed by atoms with E-state index in [0.29, 0.717) is 39.3 Å². The first-order valence-electron chi connectivity index (χ1n) is 11.9. The number of nitrogens with two attached hydrogens (primary N) is 2. The van der Waals surface area contributed by atoms with Gasteiger partial charge >= 0.3 is 6.09 Å². The second-order valence-corrected chi connectivity index (χ2v) is 8.09. The molecule has 3 amide bonds. The fourth-order valence-corrected chi connectivity index (χ4v) is 2.26. The molecule has 0 heterocycles. The summed E-state index contributed by atoms with van der Waals surface area (Å²) in [7, 11) is 0. The maximum absolute atomic E-state index is 12.0. The Morgan fingerprint density at radius 2 is 1.50 bits per heavy atom. The smallest absolute Gasteiger partial charge is 0.431 e. The van der Waals surface area contributed by atoms with Crippen molar-refractivity contribution in [2.24, 2.45) is 11.5 Å². The third kappa shape index (κ3) is 21.8. The van der Waals surface area contributed by atoms with Crippen LogP contribution in [-0.2, 0) is 28.6 Å². The Balaban J connectivity index is 0. The molecular weight excluding hydrogens is 446 g/mol. The summed E-state index contributed by atoms with van der Waals surface area (Å²) in [4.78, 5) is 40.2. The number of nitrogens with one attached hydrogen (secondary N) is 3. The van der Waals surface area contributed by atoms with Gasteiger partial charge in [0.1, 0.15) is 11.6 Å². The van der Waals surface area contributed by atoms with Gasteiger partial charge in [0.25, 0.3) is 0 Å². The van der Waals surface area contributed by atoms with E-state index >= 15 is 0 Å². The molecular formula is C22H47N5O7. The van der Waals surface area contributed by atoms with Gasteiger partial charge in [-0.3, -0.25) is 14.4 Å². The summed E-state index contributed by atoms with van der Waals surface area (Å²) < 4.78 is 15.6. The number of ether oxygens (including phenoxy) is 3. The topological polar surface area (TPSA) is 176 Å². The van der Waals surface area contributed by atoms with Crippen molar-refractivity contribution in [3.05, 3.63) is 0 Å². The Bertz CT molecular complexity index is 544. The van der Waals surface area contributed by atoms with E-state index in [9.17, 15) is 14.4 Å². The van der Waals surface area contributed by atoms with Crippen molar-refractivity contribution in [1.82, 2.24) is 16.1 Å². The Morgan fingerprint density at radius 1 is 0.912 bits per heavy atom. The Labute approximate surface area is 204 Å². The van der Waals surface area contributed by atoms with Crippen LogP contribution in [0.5, 0.6) is 0 Å². The summed E-state index contributed by atoms with van der Waals surface area (Å²) in [6.45, 7) is 13.1. The van der Waals surface area contributed by atoms with E-state index < -0.39 is 23.8 Å². The molecule has 12 heteroatoms. The van der Waals surface area contributed by atoms with Gasteiger partial charge in [-0.25, -0.2) is 4.79 Å². The minimum atomic E-state index is -0.694. The predicted molar refractivity (Wildman–Crippen MR) is 130 cm³/mol. The largest absolute Gasteiger partial charge is 0.442 e. The van der Waals surface area contributed by atoms with Gasteiger partial charge in [-0.1, -0.05) is 20.3 Å². The lowest BCUT2D eigenvalue weighted by Gasteiger charge is -2.19. The average molecular weight is 494 g/mol. The zero-order valence-corrected chi connectivity index (χ0v) is 21.7. The third-order valence-electron chi connectivity index (χ3n) is 3.86. The molecule has 0 rings (SSSR count). The highest BCUT2D eigenvalue weighted by Crippen LogP contribution is 2.06. The monoisotopic (exact) mass is 493 g/mol. The Kier molecular flexibility index (Phi) is 21.7. The number of hydroxylamine groups is 1. The predicted octanol–water partition coefficient (Wildman–Crippen LogP) is 0.579. The van der Waals surface area contributed by atoms with Gasteiger partial charge < -0.3 is 36.3 Å². The number of rotatable bonds is 17. The van der Waals surface area contributed by atoms with Gasteiger partial charge in [0.2, 0.25) is 11.8 Å². The van der Waals surface area contributed by atoms with Crippen molar-refractivity contribution in [1.29, 1.82) is 0 Å². The van der Waals surface area contributed by atoms with E-state index in [1.54, 1.807) is 27.7 Å². The van der Waals surface area contributed by atoms with E-state index in [1.165, 1.54) is 0 Å².